The zero-order chi connectivity index (χ0) is 19.6. The van der Waals surface area contributed by atoms with Crippen LogP contribution in [0.15, 0.2) is 48.5 Å². The molecule has 4 nitrogen and oxygen atoms in total. The van der Waals surface area contributed by atoms with E-state index in [4.69, 9.17) is 11.6 Å². The number of nitrogens with zero attached hydrogens (tertiary/aromatic N) is 3. The molecule has 3 heterocycles. The minimum Gasteiger partial charge on any atom is -0.369 e. The first-order valence-electron chi connectivity index (χ1n) is 10.8. The van der Waals surface area contributed by atoms with Gasteiger partial charge in [-0.2, -0.15) is 0 Å². The summed E-state index contributed by atoms with van der Waals surface area (Å²) in [6.07, 6.45) is 2.34. The molecule has 0 bridgehead atoms. The van der Waals surface area contributed by atoms with Crippen LogP contribution in [0.3, 0.4) is 0 Å². The summed E-state index contributed by atoms with van der Waals surface area (Å²) in [6, 6.07) is 17.2. The Morgan fingerprint density at radius 2 is 1.79 bits per heavy atom. The molecule has 0 unspecified atom stereocenters. The van der Waals surface area contributed by atoms with Crippen molar-refractivity contribution in [2.24, 2.45) is 0 Å². The Balaban J connectivity index is 1.20. The number of aryl methyl sites for hydroxylation is 1. The summed E-state index contributed by atoms with van der Waals surface area (Å²) in [4.78, 5) is 5.06. The maximum atomic E-state index is 6.16. The molecule has 5 rings (SSSR count). The number of piperazine rings is 1. The lowest BCUT2D eigenvalue weighted by Crippen LogP contribution is -2.46. The van der Waals surface area contributed by atoms with Crippen molar-refractivity contribution < 1.29 is 0 Å². The second-order valence-corrected chi connectivity index (χ2v) is 8.62. The predicted molar refractivity (Wildman–Crippen MR) is 122 cm³/mol. The number of rotatable bonds is 5. The number of hydrogen-bond acceptors (Lipinski definition) is 3. The van der Waals surface area contributed by atoms with Gasteiger partial charge in [0, 0.05) is 66.6 Å². The van der Waals surface area contributed by atoms with Crippen molar-refractivity contribution >= 4 is 28.2 Å². The van der Waals surface area contributed by atoms with Gasteiger partial charge in [0.05, 0.1) is 0 Å². The number of fused-ring (bicyclic) bond motifs is 3. The quantitative estimate of drug-likeness (QED) is 0.685. The number of nitrogens with one attached hydrogen (secondary N) is 1. The Bertz CT molecular complexity index is 988. The average Bonchev–Trinajstić information content (AvgIpc) is 3.08. The third-order valence-electron chi connectivity index (χ3n) is 6.44. The standard InChI is InChI=1S/C24H29ClN4/c25-19-5-3-6-20(17-19)28-15-13-27(14-16-28)11-4-12-29-23-8-2-1-7-21(23)22-9-10-26-18-24(22)29/h1-3,5-8,17,26H,4,9-16,18H2. The van der Waals surface area contributed by atoms with Crippen LogP contribution in [0.1, 0.15) is 17.7 Å². The van der Waals surface area contributed by atoms with Crippen molar-refractivity contribution in [2.75, 3.05) is 44.2 Å². The first-order chi connectivity index (χ1) is 14.3. The van der Waals surface area contributed by atoms with E-state index in [0.29, 0.717) is 0 Å². The SMILES string of the molecule is Clc1cccc(N2CCN(CCCn3c4c(c5ccccc53)CCNC4)CC2)c1. The molecule has 1 fully saturated rings. The molecule has 0 amide bonds. The zero-order valence-corrected chi connectivity index (χ0v) is 17.7. The molecule has 2 aliphatic heterocycles. The summed E-state index contributed by atoms with van der Waals surface area (Å²) in [7, 11) is 0. The van der Waals surface area contributed by atoms with Crippen molar-refractivity contribution in [3.05, 3.63) is 64.8 Å². The van der Waals surface area contributed by atoms with Gasteiger partial charge in [0.1, 0.15) is 0 Å². The molecule has 29 heavy (non-hydrogen) atoms. The molecule has 3 aromatic rings. The molecule has 0 aliphatic carbocycles. The zero-order valence-electron chi connectivity index (χ0n) is 16.9. The van der Waals surface area contributed by atoms with Crippen LogP contribution < -0.4 is 10.2 Å². The van der Waals surface area contributed by atoms with Gasteiger partial charge in [-0.3, -0.25) is 4.90 Å². The molecule has 0 atom stereocenters. The van der Waals surface area contributed by atoms with E-state index in [0.717, 1.165) is 63.8 Å². The minimum absolute atomic E-state index is 0.821. The molecule has 0 saturated carbocycles. The predicted octanol–water partition coefficient (Wildman–Crippen LogP) is 4.15. The summed E-state index contributed by atoms with van der Waals surface area (Å²) in [6.45, 7) is 8.76. The molecule has 2 aliphatic rings. The van der Waals surface area contributed by atoms with E-state index < -0.39 is 0 Å². The van der Waals surface area contributed by atoms with Crippen LogP contribution in [-0.2, 0) is 19.5 Å². The lowest BCUT2D eigenvalue weighted by molar-refractivity contribution is 0.250. The van der Waals surface area contributed by atoms with E-state index in [1.54, 1.807) is 5.56 Å². The van der Waals surface area contributed by atoms with Gasteiger partial charge < -0.3 is 14.8 Å². The molecule has 2 aromatic carbocycles. The fourth-order valence-electron chi connectivity index (χ4n) is 4.94. The van der Waals surface area contributed by atoms with Crippen LogP contribution in [0.2, 0.25) is 5.02 Å². The Labute approximate surface area is 178 Å². The molecule has 152 valence electrons. The smallest absolute Gasteiger partial charge is 0.0485 e. The van der Waals surface area contributed by atoms with E-state index in [1.807, 2.05) is 12.1 Å². The maximum Gasteiger partial charge on any atom is 0.0485 e. The van der Waals surface area contributed by atoms with Crippen molar-refractivity contribution in [3.8, 4) is 0 Å². The van der Waals surface area contributed by atoms with E-state index in [9.17, 15) is 0 Å². The van der Waals surface area contributed by atoms with Crippen molar-refractivity contribution in [3.63, 3.8) is 0 Å². The second-order valence-electron chi connectivity index (χ2n) is 8.18. The maximum absolute atomic E-state index is 6.16. The fraction of sp³-hybridized carbons (Fsp3) is 0.417. The van der Waals surface area contributed by atoms with Gasteiger partial charge in [0.25, 0.3) is 0 Å². The topological polar surface area (TPSA) is 23.4 Å². The van der Waals surface area contributed by atoms with Gasteiger partial charge >= 0.3 is 0 Å². The van der Waals surface area contributed by atoms with Crippen LogP contribution >= 0.6 is 11.6 Å². The Hall–Kier alpha value is -2.01. The summed E-state index contributed by atoms with van der Waals surface area (Å²) >= 11 is 6.16. The lowest BCUT2D eigenvalue weighted by Gasteiger charge is -2.36. The highest BCUT2D eigenvalue weighted by Gasteiger charge is 2.20. The summed E-state index contributed by atoms with van der Waals surface area (Å²) in [5, 5.41) is 5.84. The Kier molecular flexibility index (Phi) is 5.49. The van der Waals surface area contributed by atoms with Crippen LogP contribution in [0.5, 0.6) is 0 Å². The molecule has 1 aromatic heterocycles. The average molecular weight is 409 g/mol. The number of halogens is 1. The molecular weight excluding hydrogens is 380 g/mol. The molecule has 1 saturated heterocycles. The largest absolute Gasteiger partial charge is 0.369 e. The summed E-state index contributed by atoms with van der Waals surface area (Å²) in [5.41, 5.74) is 5.72. The molecule has 0 spiro atoms. The summed E-state index contributed by atoms with van der Waals surface area (Å²) in [5.74, 6) is 0. The number of benzene rings is 2. The first-order valence-corrected chi connectivity index (χ1v) is 11.2. The van der Waals surface area contributed by atoms with E-state index in [2.05, 4.69) is 56.1 Å². The number of hydrogen-bond donors (Lipinski definition) is 1. The highest BCUT2D eigenvalue weighted by molar-refractivity contribution is 6.30. The minimum atomic E-state index is 0.821. The molecule has 5 heteroatoms. The lowest BCUT2D eigenvalue weighted by atomic mass is 10.1. The Morgan fingerprint density at radius 3 is 2.66 bits per heavy atom. The van der Waals surface area contributed by atoms with Gasteiger partial charge in [-0.1, -0.05) is 35.9 Å². The number of aromatic nitrogens is 1. The van der Waals surface area contributed by atoms with Gasteiger partial charge in [-0.25, -0.2) is 0 Å². The first kappa shape index (κ1) is 19.0. The van der Waals surface area contributed by atoms with Crippen molar-refractivity contribution in [2.45, 2.75) is 25.9 Å². The summed E-state index contributed by atoms with van der Waals surface area (Å²) < 4.78 is 2.57. The van der Waals surface area contributed by atoms with Crippen LogP contribution in [0.4, 0.5) is 5.69 Å². The van der Waals surface area contributed by atoms with Crippen LogP contribution in [-0.4, -0.2) is 48.7 Å². The van der Waals surface area contributed by atoms with E-state index >= 15 is 0 Å². The normalized spacial score (nSPS) is 17.6. The monoisotopic (exact) mass is 408 g/mol. The Morgan fingerprint density at radius 1 is 0.931 bits per heavy atom. The fourth-order valence-corrected chi connectivity index (χ4v) is 5.12. The second kappa shape index (κ2) is 8.39. The van der Waals surface area contributed by atoms with E-state index in [-0.39, 0.29) is 0 Å². The highest BCUT2D eigenvalue weighted by Crippen LogP contribution is 2.29. The van der Waals surface area contributed by atoms with Gasteiger partial charge in [0.15, 0.2) is 0 Å². The number of anilines is 1. The van der Waals surface area contributed by atoms with Gasteiger partial charge in [-0.05, 0) is 55.8 Å². The van der Waals surface area contributed by atoms with Gasteiger partial charge in [0.2, 0.25) is 0 Å². The third kappa shape index (κ3) is 3.89. The van der Waals surface area contributed by atoms with E-state index in [1.165, 1.54) is 28.7 Å². The van der Waals surface area contributed by atoms with Gasteiger partial charge in [-0.15, -0.1) is 0 Å². The van der Waals surface area contributed by atoms with Crippen LogP contribution in [0, 0.1) is 0 Å². The third-order valence-corrected chi connectivity index (χ3v) is 6.68. The molecular formula is C24H29ClN4. The molecule has 0 radical (unpaired) electrons. The van der Waals surface area contributed by atoms with Crippen molar-refractivity contribution in [1.82, 2.24) is 14.8 Å². The number of para-hydroxylation sites is 1. The van der Waals surface area contributed by atoms with Crippen LogP contribution in [0.25, 0.3) is 10.9 Å². The van der Waals surface area contributed by atoms with Crippen molar-refractivity contribution in [1.29, 1.82) is 0 Å². The highest BCUT2D eigenvalue weighted by atomic mass is 35.5. The molecule has 1 N–H and O–H groups in total.